The number of hydrogen-bond donors (Lipinski definition) is 1. The molecule has 2 heterocycles. The van der Waals surface area contributed by atoms with E-state index in [0.717, 1.165) is 64.0 Å². The second-order valence-corrected chi connectivity index (χ2v) is 5.78. The zero-order chi connectivity index (χ0) is 15.8. The highest BCUT2D eigenvalue weighted by molar-refractivity contribution is 6.33. The third-order valence-corrected chi connectivity index (χ3v) is 4.31. The summed E-state index contributed by atoms with van der Waals surface area (Å²) in [6.07, 6.45) is 0. The normalized spacial score (nSPS) is 19.5. The molecule has 0 bridgehead atoms. The second-order valence-electron chi connectivity index (χ2n) is 5.37. The van der Waals surface area contributed by atoms with Gasteiger partial charge in [0, 0.05) is 45.8 Å². The largest absolute Gasteiger partial charge is 0.378 e. The minimum atomic E-state index is 0.790. The number of ether oxygens (including phenoxy) is 1. The molecule has 0 atom stereocenters. The van der Waals surface area contributed by atoms with Crippen molar-refractivity contribution in [2.75, 3.05) is 57.4 Å². The Hall–Kier alpha value is -0.810. The maximum Gasteiger partial charge on any atom is 0.0642 e. The van der Waals surface area contributed by atoms with E-state index in [4.69, 9.17) is 16.3 Å². The lowest BCUT2D eigenvalue weighted by molar-refractivity contribution is 0.122. The van der Waals surface area contributed by atoms with Crippen molar-refractivity contribution in [3.8, 4) is 0 Å². The summed E-state index contributed by atoms with van der Waals surface area (Å²) in [6.45, 7) is 12.8. The third kappa shape index (κ3) is 4.59. The van der Waals surface area contributed by atoms with Crippen LogP contribution in [0.4, 0.5) is 5.69 Å². The Bertz CT molecular complexity index is 444. The number of piperazine rings is 1. The van der Waals surface area contributed by atoms with Gasteiger partial charge in [-0.05, 0) is 11.6 Å². The summed E-state index contributed by atoms with van der Waals surface area (Å²) in [5, 5.41) is 4.26. The van der Waals surface area contributed by atoms with Gasteiger partial charge in [-0.15, -0.1) is 0 Å². The maximum atomic E-state index is 6.47. The van der Waals surface area contributed by atoms with E-state index in [-0.39, 0.29) is 0 Å². The molecule has 1 aromatic carbocycles. The molecule has 0 saturated carbocycles. The average molecular weight is 326 g/mol. The van der Waals surface area contributed by atoms with Crippen molar-refractivity contribution in [1.29, 1.82) is 0 Å². The van der Waals surface area contributed by atoms with Crippen molar-refractivity contribution in [2.24, 2.45) is 0 Å². The molecule has 22 heavy (non-hydrogen) atoms. The lowest BCUT2D eigenvalue weighted by Gasteiger charge is -2.33. The minimum absolute atomic E-state index is 0.790. The number of rotatable bonds is 3. The van der Waals surface area contributed by atoms with Crippen molar-refractivity contribution >= 4 is 17.3 Å². The van der Waals surface area contributed by atoms with E-state index in [9.17, 15) is 0 Å². The highest BCUT2D eigenvalue weighted by Gasteiger charge is 2.19. The summed E-state index contributed by atoms with van der Waals surface area (Å²) in [4.78, 5) is 4.86. The molecule has 124 valence electrons. The fourth-order valence-electron chi connectivity index (χ4n) is 2.94. The number of nitrogens with one attached hydrogen (secondary N) is 1. The Morgan fingerprint density at radius 3 is 2.45 bits per heavy atom. The molecule has 0 radical (unpaired) electrons. The van der Waals surface area contributed by atoms with E-state index in [2.05, 4.69) is 27.2 Å². The zero-order valence-electron chi connectivity index (χ0n) is 13.8. The molecule has 1 aromatic rings. The molecule has 3 rings (SSSR count). The van der Waals surface area contributed by atoms with E-state index in [1.165, 1.54) is 11.3 Å². The average Bonchev–Trinajstić information content (AvgIpc) is 2.59. The van der Waals surface area contributed by atoms with E-state index in [0.29, 0.717) is 0 Å². The van der Waals surface area contributed by atoms with Crippen LogP contribution in [0.5, 0.6) is 0 Å². The van der Waals surface area contributed by atoms with Crippen LogP contribution in [0, 0.1) is 0 Å². The molecule has 4 nitrogen and oxygen atoms in total. The summed E-state index contributed by atoms with van der Waals surface area (Å²) >= 11 is 6.47. The van der Waals surface area contributed by atoms with Gasteiger partial charge in [0.1, 0.15) is 0 Å². The minimum Gasteiger partial charge on any atom is -0.378 e. The fraction of sp³-hybridized carbons (Fsp3) is 0.647. The lowest BCUT2D eigenvalue weighted by atomic mass is 10.1. The Labute approximate surface area is 139 Å². The van der Waals surface area contributed by atoms with E-state index in [1.54, 1.807) is 0 Å². The third-order valence-electron chi connectivity index (χ3n) is 4.00. The predicted molar refractivity (Wildman–Crippen MR) is 94.0 cm³/mol. The summed E-state index contributed by atoms with van der Waals surface area (Å²) < 4.78 is 5.45. The number of hydrogen-bond acceptors (Lipinski definition) is 4. The molecule has 0 amide bonds. The van der Waals surface area contributed by atoms with Gasteiger partial charge >= 0.3 is 0 Å². The first-order valence-electron chi connectivity index (χ1n) is 8.38. The highest BCUT2D eigenvalue weighted by atomic mass is 35.5. The second kappa shape index (κ2) is 9.36. The SMILES string of the molecule is CC.Clc1cccc(CN2CCNCC2)c1N1CCOCC1. The van der Waals surface area contributed by atoms with Gasteiger partial charge in [0.05, 0.1) is 23.9 Å². The monoisotopic (exact) mass is 325 g/mol. The summed E-state index contributed by atoms with van der Waals surface area (Å²) in [5.41, 5.74) is 2.54. The highest BCUT2D eigenvalue weighted by Crippen LogP contribution is 2.31. The topological polar surface area (TPSA) is 27.7 Å². The molecule has 0 spiro atoms. The van der Waals surface area contributed by atoms with Gasteiger partial charge in [0.25, 0.3) is 0 Å². The number of halogens is 1. The Morgan fingerprint density at radius 1 is 1.09 bits per heavy atom. The molecule has 5 heteroatoms. The number of anilines is 1. The van der Waals surface area contributed by atoms with Crippen molar-refractivity contribution in [2.45, 2.75) is 20.4 Å². The zero-order valence-corrected chi connectivity index (χ0v) is 14.5. The molecule has 0 unspecified atom stereocenters. The first-order chi connectivity index (χ1) is 10.8. The lowest BCUT2D eigenvalue weighted by Crippen LogP contribution is -2.43. The van der Waals surface area contributed by atoms with Crippen LogP contribution in [0.1, 0.15) is 19.4 Å². The maximum absolute atomic E-state index is 6.47. The van der Waals surface area contributed by atoms with Gasteiger partial charge in [-0.1, -0.05) is 37.6 Å². The number of nitrogens with zero attached hydrogens (tertiary/aromatic N) is 2. The van der Waals surface area contributed by atoms with Crippen LogP contribution in [-0.2, 0) is 11.3 Å². The molecule has 0 aromatic heterocycles. The molecule has 2 fully saturated rings. The molecule has 2 aliphatic heterocycles. The van der Waals surface area contributed by atoms with E-state index >= 15 is 0 Å². The van der Waals surface area contributed by atoms with Gasteiger partial charge in [-0.25, -0.2) is 0 Å². The van der Waals surface area contributed by atoms with Crippen molar-refractivity contribution in [3.05, 3.63) is 28.8 Å². The van der Waals surface area contributed by atoms with Crippen LogP contribution in [0.25, 0.3) is 0 Å². The summed E-state index contributed by atoms with van der Waals surface area (Å²) in [7, 11) is 0. The quantitative estimate of drug-likeness (QED) is 0.924. The van der Waals surface area contributed by atoms with Crippen molar-refractivity contribution in [1.82, 2.24) is 10.2 Å². The molecular formula is C17H28ClN3O. The molecular weight excluding hydrogens is 298 g/mol. The molecule has 0 aliphatic carbocycles. The summed E-state index contributed by atoms with van der Waals surface area (Å²) in [5.74, 6) is 0. The summed E-state index contributed by atoms with van der Waals surface area (Å²) in [6, 6.07) is 6.26. The number of para-hydroxylation sites is 1. The first-order valence-corrected chi connectivity index (χ1v) is 8.75. The predicted octanol–water partition coefficient (Wildman–Crippen LogP) is 2.61. The van der Waals surface area contributed by atoms with Crippen LogP contribution >= 0.6 is 11.6 Å². The van der Waals surface area contributed by atoms with Gasteiger partial charge in [-0.2, -0.15) is 0 Å². The van der Waals surface area contributed by atoms with Gasteiger partial charge in [-0.3, -0.25) is 4.90 Å². The van der Waals surface area contributed by atoms with E-state index < -0.39 is 0 Å². The number of morpholine rings is 1. The fourth-order valence-corrected chi connectivity index (χ4v) is 3.25. The molecule has 2 aliphatic rings. The van der Waals surface area contributed by atoms with Crippen LogP contribution < -0.4 is 10.2 Å². The standard InChI is InChI=1S/C15H22ClN3O.C2H6/c16-14-3-1-2-13(12-18-6-4-17-5-7-18)15(14)19-8-10-20-11-9-19;1-2/h1-3,17H,4-12H2;1-2H3. The smallest absolute Gasteiger partial charge is 0.0642 e. The van der Waals surface area contributed by atoms with Gasteiger partial charge < -0.3 is 15.0 Å². The molecule has 2 saturated heterocycles. The Kier molecular flexibility index (Phi) is 7.46. The van der Waals surface area contributed by atoms with Crippen LogP contribution in [-0.4, -0.2) is 57.4 Å². The first kappa shape index (κ1) is 17.5. The Morgan fingerprint density at radius 2 is 1.77 bits per heavy atom. The van der Waals surface area contributed by atoms with Crippen LogP contribution in [0.2, 0.25) is 5.02 Å². The van der Waals surface area contributed by atoms with Gasteiger partial charge in [0.15, 0.2) is 0 Å². The molecule has 1 N–H and O–H groups in total. The van der Waals surface area contributed by atoms with Crippen LogP contribution in [0.3, 0.4) is 0 Å². The van der Waals surface area contributed by atoms with Crippen LogP contribution in [0.15, 0.2) is 18.2 Å². The number of benzene rings is 1. The van der Waals surface area contributed by atoms with Gasteiger partial charge in [0.2, 0.25) is 0 Å². The van der Waals surface area contributed by atoms with E-state index in [1.807, 2.05) is 19.9 Å². The Balaban J connectivity index is 0.000000847. The van der Waals surface area contributed by atoms with Crippen molar-refractivity contribution < 1.29 is 4.74 Å². The van der Waals surface area contributed by atoms with Crippen molar-refractivity contribution in [3.63, 3.8) is 0 Å².